The molecule has 0 spiro atoms. The van der Waals surface area contributed by atoms with Crippen LogP contribution in [0.25, 0.3) is 21.5 Å². The second-order valence-electron chi connectivity index (χ2n) is 5.13. The molecule has 0 amide bonds. The molecule has 0 saturated heterocycles. The van der Waals surface area contributed by atoms with E-state index in [1.165, 1.54) is 11.3 Å². The van der Waals surface area contributed by atoms with Gasteiger partial charge in [-0.3, -0.25) is 9.47 Å². The molecule has 0 atom stereocenters. The molecule has 6 heteroatoms. The lowest BCUT2D eigenvalue weighted by Crippen LogP contribution is -2.27. The van der Waals surface area contributed by atoms with Crippen LogP contribution in [0.4, 0.5) is 0 Å². The van der Waals surface area contributed by atoms with Crippen molar-refractivity contribution >= 4 is 21.6 Å². The molecule has 0 fully saturated rings. The van der Waals surface area contributed by atoms with Gasteiger partial charge in [0.05, 0.1) is 11.6 Å². The third-order valence-electron chi connectivity index (χ3n) is 3.71. The average molecular weight is 311 g/mol. The summed E-state index contributed by atoms with van der Waals surface area (Å²) in [5, 5.41) is 2.51. The summed E-state index contributed by atoms with van der Waals surface area (Å²) >= 11 is 1.45. The zero-order valence-electron chi connectivity index (χ0n) is 12.1. The lowest BCUT2D eigenvalue weighted by Gasteiger charge is -2.11. The molecule has 4 aromatic heterocycles. The molecule has 0 saturated carbocycles. The van der Waals surface area contributed by atoms with Crippen LogP contribution in [-0.2, 0) is 0 Å². The Kier molecular flexibility index (Phi) is 2.80. The molecule has 0 N–H and O–H groups in total. The summed E-state index contributed by atoms with van der Waals surface area (Å²) in [4.78, 5) is 18.1. The topological polar surface area (TPSA) is 53.0 Å². The van der Waals surface area contributed by atoms with Crippen LogP contribution in [0.3, 0.4) is 0 Å². The van der Waals surface area contributed by atoms with Gasteiger partial charge in [-0.2, -0.15) is 0 Å². The fourth-order valence-electron chi connectivity index (χ4n) is 2.68. The van der Waals surface area contributed by atoms with Gasteiger partial charge in [0.15, 0.2) is 0 Å². The maximum absolute atomic E-state index is 13.0. The largest absolute Gasteiger partial charge is 0.464 e. The molecular weight excluding hydrogens is 298 g/mol. The molecule has 110 valence electrons. The minimum absolute atomic E-state index is 0.0972. The molecule has 0 unspecified atom stereocenters. The third kappa shape index (κ3) is 1.77. The maximum Gasteiger partial charge on any atom is 0.282 e. The Labute approximate surface area is 130 Å². The first kappa shape index (κ1) is 13.1. The first-order chi connectivity index (χ1) is 10.7. The molecule has 0 bridgehead atoms. The second kappa shape index (κ2) is 4.71. The van der Waals surface area contributed by atoms with Gasteiger partial charge in [0.2, 0.25) is 0 Å². The summed E-state index contributed by atoms with van der Waals surface area (Å²) in [5.74, 6) is 0.684. The van der Waals surface area contributed by atoms with Crippen LogP contribution in [0, 0.1) is 13.8 Å². The van der Waals surface area contributed by atoms with E-state index in [2.05, 4.69) is 4.98 Å². The zero-order valence-corrected chi connectivity index (χ0v) is 12.9. The molecule has 5 nitrogen and oxygen atoms in total. The van der Waals surface area contributed by atoms with Gasteiger partial charge in [-0.25, -0.2) is 9.66 Å². The molecule has 4 heterocycles. The van der Waals surface area contributed by atoms with Crippen LogP contribution >= 0.6 is 11.3 Å². The van der Waals surface area contributed by atoms with E-state index in [-0.39, 0.29) is 5.56 Å². The average Bonchev–Trinajstić information content (AvgIpc) is 3.20. The molecule has 0 aromatic carbocycles. The van der Waals surface area contributed by atoms with E-state index in [1.807, 2.05) is 48.2 Å². The van der Waals surface area contributed by atoms with Crippen LogP contribution in [0.15, 0.2) is 51.4 Å². The van der Waals surface area contributed by atoms with Gasteiger partial charge in [-0.15, -0.1) is 11.3 Å². The van der Waals surface area contributed by atoms with Crippen LogP contribution < -0.4 is 5.56 Å². The number of hydrogen-bond acceptors (Lipinski definition) is 4. The number of fused-ring (bicyclic) bond motifs is 1. The fraction of sp³-hybridized carbons (Fsp3) is 0.125. The Morgan fingerprint density at radius 3 is 2.64 bits per heavy atom. The molecule has 0 aliphatic carbocycles. The van der Waals surface area contributed by atoms with Gasteiger partial charge >= 0.3 is 0 Å². The first-order valence-corrected chi connectivity index (χ1v) is 7.73. The van der Waals surface area contributed by atoms with E-state index in [4.69, 9.17) is 4.42 Å². The Hall–Kier alpha value is -2.60. The monoisotopic (exact) mass is 311 g/mol. The van der Waals surface area contributed by atoms with Gasteiger partial charge in [0.1, 0.15) is 16.9 Å². The predicted octanol–water partition coefficient (Wildman–Crippen LogP) is 3.45. The van der Waals surface area contributed by atoms with Crippen molar-refractivity contribution in [3.63, 3.8) is 0 Å². The Balaban J connectivity index is 2.06. The quantitative estimate of drug-likeness (QED) is 0.570. The van der Waals surface area contributed by atoms with Gasteiger partial charge in [-0.1, -0.05) is 0 Å². The second-order valence-corrected chi connectivity index (χ2v) is 5.99. The fourth-order valence-corrected chi connectivity index (χ4v) is 3.57. The predicted molar refractivity (Wildman–Crippen MR) is 86.3 cm³/mol. The number of aromatic nitrogens is 3. The van der Waals surface area contributed by atoms with Crippen LogP contribution in [-0.4, -0.2) is 14.3 Å². The van der Waals surface area contributed by atoms with Crippen molar-refractivity contribution in [2.45, 2.75) is 13.8 Å². The Bertz CT molecular complexity index is 1000. The van der Waals surface area contributed by atoms with E-state index in [1.54, 1.807) is 17.3 Å². The number of thiophene rings is 1. The summed E-state index contributed by atoms with van der Waals surface area (Å²) < 4.78 is 8.85. The number of aryl methyl sites for hydroxylation is 2. The van der Waals surface area contributed by atoms with E-state index in [0.717, 1.165) is 21.8 Å². The normalized spacial score (nSPS) is 11.4. The van der Waals surface area contributed by atoms with Crippen molar-refractivity contribution in [1.82, 2.24) is 14.3 Å². The van der Waals surface area contributed by atoms with Crippen LogP contribution in [0.5, 0.6) is 0 Å². The van der Waals surface area contributed by atoms with Gasteiger partial charge in [0, 0.05) is 22.3 Å². The highest BCUT2D eigenvalue weighted by Gasteiger charge is 2.16. The molecule has 0 aliphatic rings. The summed E-state index contributed by atoms with van der Waals surface area (Å²) in [6.45, 7) is 3.93. The van der Waals surface area contributed by atoms with Crippen molar-refractivity contribution in [2.24, 2.45) is 0 Å². The minimum atomic E-state index is -0.0972. The highest BCUT2D eigenvalue weighted by atomic mass is 32.1. The van der Waals surface area contributed by atoms with Gasteiger partial charge in [-0.05, 0) is 38.1 Å². The summed E-state index contributed by atoms with van der Waals surface area (Å²) in [6, 6.07) is 7.62. The standard InChI is InChI=1S/C16H13N3O2S/c1-10-5-6-11(2)19(10)18-9-17-15-14(16(18)20)12(8-22-15)13-4-3-7-21-13/h3-9H,1-2H3. The van der Waals surface area contributed by atoms with E-state index in [0.29, 0.717) is 11.1 Å². The van der Waals surface area contributed by atoms with Crippen molar-refractivity contribution in [2.75, 3.05) is 0 Å². The highest BCUT2D eigenvalue weighted by Crippen LogP contribution is 2.30. The number of furan rings is 1. The molecule has 22 heavy (non-hydrogen) atoms. The Morgan fingerprint density at radius 1 is 1.18 bits per heavy atom. The van der Waals surface area contributed by atoms with Crippen molar-refractivity contribution in [3.05, 3.63) is 64.0 Å². The minimum Gasteiger partial charge on any atom is -0.464 e. The lowest BCUT2D eigenvalue weighted by atomic mass is 10.2. The van der Waals surface area contributed by atoms with Crippen LogP contribution in [0.2, 0.25) is 0 Å². The molecule has 0 aliphatic heterocycles. The van der Waals surface area contributed by atoms with E-state index in [9.17, 15) is 4.79 Å². The van der Waals surface area contributed by atoms with E-state index >= 15 is 0 Å². The zero-order chi connectivity index (χ0) is 15.3. The van der Waals surface area contributed by atoms with Gasteiger partial charge < -0.3 is 4.42 Å². The smallest absolute Gasteiger partial charge is 0.282 e. The van der Waals surface area contributed by atoms with Crippen molar-refractivity contribution in [1.29, 1.82) is 0 Å². The highest BCUT2D eigenvalue weighted by molar-refractivity contribution is 7.17. The first-order valence-electron chi connectivity index (χ1n) is 6.85. The molecular formula is C16H13N3O2S. The maximum atomic E-state index is 13.0. The summed E-state index contributed by atoms with van der Waals surface area (Å²) in [6.07, 6.45) is 3.18. The summed E-state index contributed by atoms with van der Waals surface area (Å²) in [7, 11) is 0. The number of rotatable bonds is 2. The van der Waals surface area contributed by atoms with E-state index < -0.39 is 0 Å². The number of nitrogens with zero attached hydrogens (tertiary/aromatic N) is 3. The van der Waals surface area contributed by atoms with Gasteiger partial charge in [0.25, 0.3) is 5.56 Å². The summed E-state index contributed by atoms with van der Waals surface area (Å²) in [5.41, 5.74) is 2.66. The molecule has 0 radical (unpaired) electrons. The lowest BCUT2D eigenvalue weighted by molar-refractivity contribution is 0.582. The van der Waals surface area contributed by atoms with Crippen LogP contribution in [0.1, 0.15) is 11.4 Å². The molecule has 4 rings (SSSR count). The SMILES string of the molecule is Cc1ccc(C)n1-n1cnc2scc(-c3ccco3)c2c1=O. The molecule has 4 aromatic rings. The Morgan fingerprint density at radius 2 is 1.95 bits per heavy atom. The number of hydrogen-bond donors (Lipinski definition) is 0. The third-order valence-corrected chi connectivity index (χ3v) is 4.60. The van der Waals surface area contributed by atoms with Crippen molar-refractivity contribution < 1.29 is 4.42 Å². The van der Waals surface area contributed by atoms with Crippen molar-refractivity contribution in [3.8, 4) is 11.3 Å².